The zero-order valence-electron chi connectivity index (χ0n) is 11.1. The summed E-state index contributed by atoms with van der Waals surface area (Å²) in [5, 5.41) is 8.73. The van der Waals surface area contributed by atoms with E-state index in [1.807, 2.05) is 12.1 Å². The normalized spacial score (nSPS) is 10.6. The zero-order valence-corrected chi connectivity index (χ0v) is 11.1. The lowest BCUT2D eigenvalue weighted by Crippen LogP contribution is -2.31. The van der Waals surface area contributed by atoms with Gasteiger partial charge in [0.1, 0.15) is 11.8 Å². The van der Waals surface area contributed by atoms with Crippen molar-refractivity contribution >= 4 is 5.69 Å². The highest BCUT2D eigenvalue weighted by molar-refractivity contribution is 5.45. The SMILES string of the molecule is CC(C)CN(CC(C)C)c1ccc(C#N)nc1. The molecule has 0 saturated carbocycles. The number of hydrogen-bond acceptors (Lipinski definition) is 3. The van der Waals surface area contributed by atoms with Crippen LogP contribution in [0, 0.1) is 23.2 Å². The largest absolute Gasteiger partial charge is 0.370 e. The van der Waals surface area contributed by atoms with Crippen molar-refractivity contribution in [2.24, 2.45) is 11.8 Å². The minimum atomic E-state index is 0.475. The molecule has 0 aliphatic heterocycles. The highest BCUT2D eigenvalue weighted by atomic mass is 15.1. The number of nitrogens with zero attached hydrogens (tertiary/aromatic N) is 3. The summed E-state index contributed by atoms with van der Waals surface area (Å²) in [5.74, 6) is 1.23. The highest BCUT2D eigenvalue weighted by Crippen LogP contribution is 2.16. The van der Waals surface area contributed by atoms with Crippen LogP contribution in [0.5, 0.6) is 0 Å². The fourth-order valence-corrected chi connectivity index (χ4v) is 1.81. The lowest BCUT2D eigenvalue weighted by molar-refractivity contribution is 0.552. The first-order valence-electron chi connectivity index (χ1n) is 6.14. The first-order chi connectivity index (χ1) is 8.02. The molecule has 17 heavy (non-hydrogen) atoms. The van der Waals surface area contributed by atoms with Crippen LogP contribution in [-0.2, 0) is 0 Å². The molecule has 0 bridgehead atoms. The van der Waals surface area contributed by atoms with E-state index >= 15 is 0 Å². The lowest BCUT2D eigenvalue weighted by atomic mass is 10.1. The number of rotatable bonds is 5. The van der Waals surface area contributed by atoms with Crippen molar-refractivity contribution in [2.45, 2.75) is 27.7 Å². The predicted octanol–water partition coefficient (Wildman–Crippen LogP) is 3.07. The van der Waals surface area contributed by atoms with Crippen molar-refractivity contribution in [3.05, 3.63) is 24.0 Å². The summed E-state index contributed by atoms with van der Waals surface area (Å²) in [4.78, 5) is 6.47. The van der Waals surface area contributed by atoms with Crippen LogP contribution in [0.15, 0.2) is 18.3 Å². The van der Waals surface area contributed by atoms with E-state index in [0.29, 0.717) is 17.5 Å². The fourth-order valence-electron chi connectivity index (χ4n) is 1.81. The molecule has 0 fully saturated rings. The van der Waals surface area contributed by atoms with Crippen LogP contribution in [0.3, 0.4) is 0 Å². The van der Waals surface area contributed by atoms with Gasteiger partial charge in [-0.1, -0.05) is 27.7 Å². The van der Waals surface area contributed by atoms with E-state index in [0.717, 1.165) is 18.8 Å². The maximum absolute atomic E-state index is 8.73. The Morgan fingerprint density at radius 2 is 1.76 bits per heavy atom. The Balaban J connectivity index is 2.84. The molecule has 3 heteroatoms. The van der Waals surface area contributed by atoms with Crippen LogP contribution in [0.4, 0.5) is 5.69 Å². The maximum atomic E-state index is 8.73. The molecule has 92 valence electrons. The van der Waals surface area contributed by atoms with Crippen LogP contribution >= 0.6 is 0 Å². The van der Waals surface area contributed by atoms with Crippen molar-refractivity contribution in [1.82, 2.24) is 4.98 Å². The average molecular weight is 231 g/mol. The van der Waals surface area contributed by atoms with E-state index in [1.54, 1.807) is 12.3 Å². The van der Waals surface area contributed by atoms with Gasteiger partial charge in [-0.2, -0.15) is 5.26 Å². The summed E-state index contributed by atoms with van der Waals surface area (Å²) in [5.41, 5.74) is 1.58. The van der Waals surface area contributed by atoms with Gasteiger partial charge >= 0.3 is 0 Å². The second-order valence-electron chi connectivity index (χ2n) is 5.21. The van der Waals surface area contributed by atoms with Crippen molar-refractivity contribution in [3.8, 4) is 6.07 Å². The van der Waals surface area contributed by atoms with Crippen LogP contribution < -0.4 is 4.90 Å². The number of pyridine rings is 1. The monoisotopic (exact) mass is 231 g/mol. The number of aromatic nitrogens is 1. The Labute approximate surface area is 104 Å². The molecule has 1 rings (SSSR count). The number of anilines is 1. The van der Waals surface area contributed by atoms with E-state index in [2.05, 4.69) is 37.6 Å². The standard InChI is InChI=1S/C14H21N3/c1-11(2)9-17(10-12(3)4)14-6-5-13(7-15)16-8-14/h5-6,8,11-12H,9-10H2,1-4H3. The van der Waals surface area contributed by atoms with Gasteiger partial charge in [0.15, 0.2) is 0 Å². The molecule has 0 saturated heterocycles. The van der Waals surface area contributed by atoms with Crippen molar-refractivity contribution < 1.29 is 0 Å². The molecule has 0 N–H and O–H groups in total. The van der Waals surface area contributed by atoms with Crippen LogP contribution in [-0.4, -0.2) is 18.1 Å². The number of hydrogen-bond donors (Lipinski definition) is 0. The summed E-state index contributed by atoms with van der Waals surface area (Å²) in [6.45, 7) is 10.9. The van der Waals surface area contributed by atoms with E-state index in [4.69, 9.17) is 5.26 Å². The Morgan fingerprint density at radius 1 is 1.18 bits per heavy atom. The third-order valence-electron chi connectivity index (χ3n) is 2.40. The molecule has 3 nitrogen and oxygen atoms in total. The van der Waals surface area contributed by atoms with Gasteiger partial charge in [0.05, 0.1) is 11.9 Å². The van der Waals surface area contributed by atoms with E-state index in [1.165, 1.54) is 0 Å². The molecule has 0 aliphatic carbocycles. The fraction of sp³-hybridized carbons (Fsp3) is 0.571. The third-order valence-corrected chi connectivity index (χ3v) is 2.40. The Morgan fingerprint density at radius 3 is 2.12 bits per heavy atom. The van der Waals surface area contributed by atoms with E-state index < -0.39 is 0 Å². The van der Waals surface area contributed by atoms with Crippen molar-refractivity contribution in [1.29, 1.82) is 5.26 Å². The molecule has 0 atom stereocenters. The Hall–Kier alpha value is -1.56. The lowest BCUT2D eigenvalue weighted by Gasteiger charge is -2.28. The third kappa shape index (κ3) is 4.44. The molecule has 1 aromatic rings. The first-order valence-corrected chi connectivity index (χ1v) is 6.14. The molecular weight excluding hydrogens is 210 g/mol. The summed E-state index contributed by atoms with van der Waals surface area (Å²) >= 11 is 0. The topological polar surface area (TPSA) is 39.9 Å². The molecule has 1 heterocycles. The molecule has 0 amide bonds. The second kappa shape index (κ2) is 6.24. The van der Waals surface area contributed by atoms with Crippen LogP contribution in [0.1, 0.15) is 33.4 Å². The van der Waals surface area contributed by atoms with Gasteiger partial charge in [-0.15, -0.1) is 0 Å². The van der Waals surface area contributed by atoms with Gasteiger partial charge < -0.3 is 4.90 Å². The molecule has 0 radical (unpaired) electrons. The molecule has 1 aromatic heterocycles. The van der Waals surface area contributed by atoms with Gasteiger partial charge in [0.25, 0.3) is 0 Å². The van der Waals surface area contributed by atoms with E-state index in [-0.39, 0.29) is 0 Å². The minimum Gasteiger partial charge on any atom is -0.370 e. The molecule has 0 unspecified atom stereocenters. The van der Waals surface area contributed by atoms with Crippen molar-refractivity contribution in [2.75, 3.05) is 18.0 Å². The summed E-state index contributed by atoms with van der Waals surface area (Å²) < 4.78 is 0. The summed E-state index contributed by atoms with van der Waals surface area (Å²) in [6.07, 6.45) is 1.79. The Kier molecular flexibility index (Phi) is 4.96. The van der Waals surface area contributed by atoms with Gasteiger partial charge in [-0.05, 0) is 24.0 Å². The van der Waals surface area contributed by atoms with Gasteiger partial charge in [-0.25, -0.2) is 4.98 Å². The minimum absolute atomic E-state index is 0.475. The molecule has 0 aromatic carbocycles. The summed E-state index contributed by atoms with van der Waals surface area (Å²) in [6, 6.07) is 5.81. The first kappa shape index (κ1) is 13.5. The smallest absolute Gasteiger partial charge is 0.140 e. The predicted molar refractivity (Wildman–Crippen MR) is 70.8 cm³/mol. The van der Waals surface area contributed by atoms with Gasteiger partial charge in [0.2, 0.25) is 0 Å². The highest BCUT2D eigenvalue weighted by Gasteiger charge is 2.10. The number of nitriles is 1. The van der Waals surface area contributed by atoms with Crippen LogP contribution in [0.25, 0.3) is 0 Å². The Bertz CT molecular complexity index is 363. The maximum Gasteiger partial charge on any atom is 0.140 e. The van der Waals surface area contributed by atoms with Gasteiger partial charge in [-0.3, -0.25) is 0 Å². The summed E-state index contributed by atoms with van der Waals surface area (Å²) in [7, 11) is 0. The molecule has 0 aliphatic rings. The van der Waals surface area contributed by atoms with E-state index in [9.17, 15) is 0 Å². The quantitative estimate of drug-likeness (QED) is 0.782. The van der Waals surface area contributed by atoms with Crippen molar-refractivity contribution in [3.63, 3.8) is 0 Å². The average Bonchev–Trinajstić information content (AvgIpc) is 2.27. The molecule has 0 spiro atoms. The van der Waals surface area contributed by atoms with Gasteiger partial charge in [0, 0.05) is 13.1 Å². The van der Waals surface area contributed by atoms with Crippen LogP contribution in [0.2, 0.25) is 0 Å². The molecular formula is C14H21N3. The second-order valence-corrected chi connectivity index (χ2v) is 5.21. The zero-order chi connectivity index (χ0) is 12.8.